The predicted octanol–water partition coefficient (Wildman–Crippen LogP) is 20.2. The molecule has 2 amide bonds. The largest absolute Gasteiger partial charge is 0.497 e. The minimum Gasteiger partial charge on any atom is -0.497 e. The summed E-state index contributed by atoms with van der Waals surface area (Å²) in [4.78, 5) is 69.9. The average molecular weight is 1770 g/mol. The Balaban J connectivity index is 0.000000171. The highest BCUT2D eigenvalue weighted by atomic mass is 35.5. The predicted molar refractivity (Wildman–Crippen MR) is 494 cm³/mol. The van der Waals surface area contributed by atoms with Crippen LogP contribution in [-0.2, 0) is 45.1 Å². The maximum absolute atomic E-state index is 12.8. The molecule has 628 valence electrons. The molecule has 2 aliphatic rings. The second kappa shape index (κ2) is 43.8. The Kier molecular flexibility index (Phi) is 34.1. The van der Waals surface area contributed by atoms with Gasteiger partial charge in [-0.3, -0.25) is 14.5 Å². The summed E-state index contributed by atoms with van der Waals surface area (Å²) in [5.41, 5.74) is 16.5. The van der Waals surface area contributed by atoms with Crippen LogP contribution in [0.5, 0.6) is 5.75 Å². The fourth-order valence-corrected chi connectivity index (χ4v) is 19.0. The molecule has 2 saturated heterocycles. The van der Waals surface area contributed by atoms with E-state index in [0.29, 0.717) is 107 Å². The van der Waals surface area contributed by atoms with Crippen molar-refractivity contribution >= 4 is 179 Å². The van der Waals surface area contributed by atoms with Gasteiger partial charge in [0.2, 0.25) is 21.8 Å². The number of piperazine rings is 2. The first-order valence-electron chi connectivity index (χ1n) is 38.3. The molecule has 30 heteroatoms. The van der Waals surface area contributed by atoms with Crippen LogP contribution >= 0.6 is 80.8 Å². The number of methoxy groups -OCH3 is 1. The highest BCUT2D eigenvalue weighted by Crippen LogP contribution is 2.46. The van der Waals surface area contributed by atoms with E-state index in [-0.39, 0.29) is 31.1 Å². The van der Waals surface area contributed by atoms with E-state index in [9.17, 15) is 37.6 Å². The Bertz CT molecular complexity index is 5510. The van der Waals surface area contributed by atoms with E-state index >= 15 is 0 Å². The standard InChI is InChI=1S/C20H25N3O4S3.C20H22N2.C18H20N2O3S.C17H19NO4S.C14H13Cl2NO2S/c1-4-27-19(24)17-16(15-8-6-5-7-9-15)14(2)29-18(17)21-20(28)22-10-12-23(13-11-22)30(3,25)26;1-21-10-12-22(13-11-21)15-20-18-8-4-2-6-16(18)14-17-7-3-5-9-19(17)20;1-5-23-12(3)15-16(14-9-7-6-8-10-14)17(11(2)20-22)24-18(15)19-13(4)21;1-5-22-17(20)15-14(10(2)23-16(15)18-11(3)19)12-6-8-13(21-4)9-7-12;1-7(2)19-14(18)12-9(6-20-13(12)17)8-3-4-10(15)11(16)5-8/h5-9H,4,10-13H2,1-3H3,(H,21,28);2-9,14H,10-13,15H2,1H3;6-10,22H,3,5H2,1-2,4H3,(H,19,21);6-9H,5H2,1-4H3,(H,18,19);3-7H,17H2,1-2H3/b;;20-11+;;. The monoisotopic (exact) mass is 1760 g/mol. The Morgan fingerprint density at radius 1 is 0.597 bits per heavy atom. The third-order valence-corrected chi connectivity index (χ3v) is 25.3. The maximum atomic E-state index is 12.8. The number of amides is 2. The average Bonchev–Trinajstić information content (AvgIpc) is 1.28. The molecule has 119 heavy (non-hydrogen) atoms. The van der Waals surface area contributed by atoms with Crippen LogP contribution in [0.25, 0.3) is 71.8 Å². The number of likely N-dealkylation sites (N-methyl/N-ethyl adjacent to an activating group) is 1. The van der Waals surface area contributed by atoms with Crippen molar-refractivity contribution in [3.05, 3.63) is 222 Å². The van der Waals surface area contributed by atoms with Crippen molar-refractivity contribution in [3.8, 4) is 50.3 Å². The van der Waals surface area contributed by atoms with Gasteiger partial charge in [0.05, 0.1) is 65.5 Å². The highest BCUT2D eigenvalue weighted by Gasteiger charge is 2.31. The van der Waals surface area contributed by atoms with E-state index in [1.165, 1.54) is 110 Å². The Morgan fingerprint density at radius 2 is 1.08 bits per heavy atom. The third-order valence-electron chi connectivity index (χ3n) is 18.9. The van der Waals surface area contributed by atoms with Crippen molar-refractivity contribution in [3.63, 3.8) is 0 Å². The lowest BCUT2D eigenvalue weighted by Gasteiger charge is -2.34. The van der Waals surface area contributed by atoms with Gasteiger partial charge in [0.1, 0.15) is 48.2 Å². The topological polar surface area (TPSA) is 273 Å². The molecule has 0 atom stereocenters. The quantitative estimate of drug-likeness (QED) is 0.00653. The number of thiophene rings is 4. The van der Waals surface area contributed by atoms with Gasteiger partial charge in [-0.25, -0.2) is 22.8 Å². The summed E-state index contributed by atoms with van der Waals surface area (Å²) in [5, 5.41) is 32.2. The van der Waals surface area contributed by atoms with E-state index in [1.54, 1.807) is 59.9 Å². The zero-order valence-electron chi connectivity index (χ0n) is 68.7. The molecule has 11 aromatic rings. The number of rotatable bonds is 21. The number of nitrogens with zero attached hydrogens (tertiary/aromatic N) is 5. The molecular formula is C89H99Cl2N9O13S6. The number of aryl methyl sites for hydroxylation is 2. The number of hydrogen-bond acceptors (Lipinski definition) is 22. The van der Waals surface area contributed by atoms with Gasteiger partial charge in [-0.1, -0.05) is 162 Å². The fraction of sp³-hybridized carbons (Fsp3) is 0.292. The van der Waals surface area contributed by atoms with E-state index < -0.39 is 27.9 Å². The van der Waals surface area contributed by atoms with Crippen LogP contribution in [0.2, 0.25) is 10.0 Å². The van der Waals surface area contributed by atoms with Crippen LogP contribution in [0.1, 0.15) is 112 Å². The van der Waals surface area contributed by atoms with Gasteiger partial charge in [-0.2, -0.15) is 4.31 Å². The number of thiocarbonyl (C=S) groups is 1. The number of nitrogens with one attached hydrogen (secondary N) is 3. The van der Waals surface area contributed by atoms with Gasteiger partial charge < -0.3 is 60.4 Å². The molecular weight excluding hydrogens is 1670 g/mol. The van der Waals surface area contributed by atoms with Crippen LogP contribution in [-0.4, -0.2) is 172 Å². The number of hydrogen-bond donors (Lipinski definition) is 5. The number of carbonyl (C=O) groups excluding carboxylic acids is 5. The van der Waals surface area contributed by atoms with Gasteiger partial charge in [0.15, 0.2) is 5.11 Å². The first-order chi connectivity index (χ1) is 56.9. The number of nitrogens with two attached hydrogens (primary N) is 1. The summed E-state index contributed by atoms with van der Waals surface area (Å²) in [6.07, 6.45) is 1.01. The fourth-order valence-electron chi connectivity index (χ4n) is 13.3. The van der Waals surface area contributed by atoms with Crippen molar-refractivity contribution in [2.24, 2.45) is 5.16 Å². The molecule has 4 aromatic heterocycles. The lowest BCUT2D eigenvalue weighted by molar-refractivity contribution is -0.115. The molecule has 6 heterocycles. The molecule has 0 bridgehead atoms. The van der Waals surface area contributed by atoms with E-state index in [4.69, 9.17) is 64.8 Å². The number of anilines is 4. The summed E-state index contributed by atoms with van der Waals surface area (Å²) < 4.78 is 51.3. The maximum Gasteiger partial charge on any atom is 0.342 e. The number of esters is 3. The molecule has 2 aliphatic heterocycles. The lowest BCUT2D eigenvalue weighted by Crippen LogP contribution is -2.51. The minimum absolute atomic E-state index is 0.188. The molecule has 7 aromatic carbocycles. The summed E-state index contributed by atoms with van der Waals surface area (Å²) in [6, 6.07) is 51.9. The number of fused-ring (bicyclic) bond motifs is 2. The number of benzene rings is 7. The third kappa shape index (κ3) is 24.4. The van der Waals surface area contributed by atoms with Gasteiger partial charge >= 0.3 is 17.9 Å². The van der Waals surface area contributed by atoms with Crippen LogP contribution in [0.4, 0.5) is 20.0 Å². The van der Waals surface area contributed by atoms with E-state index in [0.717, 1.165) is 79.0 Å². The van der Waals surface area contributed by atoms with Crippen LogP contribution in [0.3, 0.4) is 0 Å². The molecule has 6 N–H and O–H groups in total. The molecule has 0 spiro atoms. The molecule has 2 fully saturated rings. The number of oxime groups is 1. The van der Waals surface area contributed by atoms with E-state index in [2.05, 4.69) is 99.1 Å². The van der Waals surface area contributed by atoms with Crippen molar-refractivity contribution in [2.45, 2.75) is 81.9 Å². The normalized spacial score (nSPS) is 13.1. The minimum atomic E-state index is -3.21. The molecule has 0 radical (unpaired) electrons. The highest BCUT2D eigenvalue weighted by molar-refractivity contribution is 7.88. The van der Waals surface area contributed by atoms with Gasteiger partial charge in [-0.05, 0) is 154 Å². The molecule has 0 aliphatic carbocycles. The number of ether oxygens (including phenoxy) is 5. The zero-order valence-corrected chi connectivity index (χ0v) is 75.1. The molecule has 0 saturated carbocycles. The number of nitrogen functional groups attached to an aromatic ring is 1. The van der Waals surface area contributed by atoms with Gasteiger partial charge in [-0.15, -0.1) is 45.3 Å². The molecule has 0 unspecified atom stereocenters. The second-order valence-electron chi connectivity index (χ2n) is 27.7. The summed E-state index contributed by atoms with van der Waals surface area (Å²) >= 11 is 22.9. The second-order valence-corrected chi connectivity index (χ2v) is 35.3. The van der Waals surface area contributed by atoms with Crippen LogP contribution in [0.15, 0.2) is 175 Å². The Morgan fingerprint density at radius 3 is 1.55 bits per heavy atom. The number of carbonyl (C=O) groups is 5. The smallest absolute Gasteiger partial charge is 0.342 e. The summed E-state index contributed by atoms with van der Waals surface area (Å²) in [7, 11) is 0.607. The van der Waals surface area contributed by atoms with Crippen molar-refractivity contribution in [1.29, 1.82) is 0 Å². The van der Waals surface area contributed by atoms with Crippen LogP contribution < -0.4 is 26.4 Å². The van der Waals surface area contributed by atoms with Crippen LogP contribution in [0, 0.1) is 13.8 Å². The number of sulfonamides is 1. The SMILES string of the molecule is C=C(OCC)c1c(NC(C)=O)sc(/C(C)=N/O)c1-c1ccccc1.CC(C)OC(=O)c1c(-c2ccc(Cl)c(Cl)c2)csc1N.CCOC(=O)c1c(NC(=S)N2CCN(S(C)(=O)=O)CC2)sc(C)c1-c1ccccc1.CCOC(=O)c1c(NC(C)=O)sc(C)c1-c1ccc(OC)cc1.CN1CCN(Cc2c3ccccc3cc3ccccc23)CC1. The summed E-state index contributed by atoms with van der Waals surface area (Å²) in [6.45, 7) is 29.9. The van der Waals surface area contributed by atoms with Crippen molar-refractivity contribution in [2.75, 3.05) is 114 Å². The lowest BCUT2D eigenvalue weighted by atomic mass is 9.96. The van der Waals surface area contributed by atoms with Crippen molar-refractivity contribution in [1.82, 2.24) is 19.0 Å². The first kappa shape index (κ1) is 92.8. The Hall–Kier alpha value is -10.1. The molecule has 13 rings (SSSR count). The number of halogens is 2. The Labute approximate surface area is 727 Å². The van der Waals surface area contributed by atoms with Gasteiger partial charge in [0.25, 0.3) is 0 Å². The van der Waals surface area contributed by atoms with E-state index in [1.807, 2.05) is 116 Å². The molecule has 22 nitrogen and oxygen atoms in total. The first-order valence-corrected chi connectivity index (χ1v) is 44.7. The zero-order chi connectivity index (χ0) is 86.4. The summed E-state index contributed by atoms with van der Waals surface area (Å²) in [5.74, 6) is -0.474. The van der Waals surface area contributed by atoms with Crippen molar-refractivity contribution < 1.29 is 61.3 Å². The van der Waals surface area contributed by atoms with Gasteiger partial charge in [0, 0.05) is 110 Å².